The number of anilines is 1. The molecule has 0 saturated heterocycles. The molecule has 0 aliphatic rings. The smallest absolute Gasteiger partial charge is 0.338 e. The maximum absolute atomic E-state index is 11.4. The van der Waals surface area contributed by atoms with Crippen LogP contribution in [0.5, 0.6) is 11.5 Å². The van der Waals surface area contributed by atoms with E-state index in [-0.39, 0.29) is 12.2 Å². The molecule has 6 nitrogen and oxygen atoms in total. The number of carboxylic acid groups (broad SMARTS) is 1. The molecule has 8 heteroatoms. The summed E-state index contributed by atoms with van der Waals surface area (Å²) in [7, 11) is 0. The number of carboxylic acids is 1. The van der Waals surface area contributed by atoms with Crippen LogP contribution in [0.15, 0.2) is 60.1 Å². The van der Waals surface area contributed by atoms with Crippen LogP contribution < -0.4 is 15.2 Å². The Labute approximate surface area is 187 Å². The van der Waals surface area contributed by atoms with Gasteiger partial charge in [0.25, 0.3) is 0 Å². The predicted octanol–water partition coefficient (Wildman–Crippen LogP) is 5.43. The summed E-state index contributed by atoms with van der Waals surface area (Å²) in [5.41, 5.74) is 8.07. The second-order valence-corrected chi connectivity index (χ2v) is 8.13. The van der Waals surface area contributed by atoms with Gasteiger partial charge in [-0.3, -0.25) is 0 Å². The number of nitrogens with zero attached hydrogens (tertiary/aromatic N) is 1. The van der Waals surface area contributed by atoms with E-state index in [1.54, 1.807) is 0 Å². The summed E-state index contributed by atoms with van der Waals surface area (Å²) in [6, 6.07) is 15.1. The quantitative estimate of drug-likeness (QED) is 0.368. The van der Waals surface area contributed by atoms with Crippen LogP contribution in [0.3, 0.4) is 0 Å². The van der Waals surface area contributed by atoms with Crippen molar-refractivity contribution in [3.8, 4) is 11.5 Å². The van der Waals surface area contributed by atoms with Crippen molar-refractivity contribution in [1.82, 2.24) is 4.98 Å². The molecule has 0 radical (unpaired) electrons. The number of fused-ring (bicyclic) bond motifs is 1. The van der Waals surface area contributed by atoms with Crippen LogP contribution in [0.4, 0.5) is 5.82 Å². The number of rotatable bonds is 8. The molecule has 0 atom stereocenters. The average Bonchev–Trinajstić information content (AvgIpc) is 3.19. The highest BCUT2D eigenvalue weighted by Gasteiger charge is 2.17. The van der Waals surface area contributed by atoms with Crippen LogP contribution in [-0.2, 0) is 13.0 Å². The largest absolute Gasteiger partial charge is 0.493 e. The van der Waals surface area contributed by atoms with Gasteiger partial charge in [-0.25, -0.2) is 9.78 Å². The van der Waals surface area contributed by atoms with Crippen molar-refractivity contribution in [3.63, 3.8) is 0 Å². The molecule has 4 aromatic rings. The zero-order valence-corrected chi connectivity index (χ0v) is 17.9. The number of benzene rings is 2. The molecule has 31 heavy (non-hydrogen) atoms. The highest BCUT2D eigenvalue weighted by molar-refractivity contribution is 7.17. The van der Waals surface area contributed by atoms with E-state index >= 15 is 0 Å². The fourth-order valence-electron chi connectivity index (χ4n) is 3.14. The Morgan fingerprint density at radius 2 is 1.87 bits per heavy atom. The summed E-state index contributed by atoms with van der Waals surface area (Å²) >= 11 is 7.22. The third kappa shape index (κ3) is 4.90. The molecule has 2 aromatic carbocycles. The molecule has 0 unspecified atom stereocenters. The van der Waals surface area contributed by atoms with E-state index in [2.05, 4.69) is 4.98 Å². The zero-order valence-electron chi connectivity index (χ0n) is 16.4. The first-order chi connectivity index (χ1) is 15.0. The molecule has 0 amide bonds. The number of carbonyl (C=O) groups is 1. The predicted molar refractivity (Wildman–Crippen MR) is 122 cm³/mol. The van der Waals surface area contributed by atoms with E-state index in [4.69, 9.17) is 26.8 Å². The standard InChI is InChI=1S/C23H19ClN2O4S/c24-16-6-4-14(5-7-16)8-9-29-17-2-1-3-18(10-17)30-12-15-13-31-21-19(23(27)28)11-26-22(25)20(15)21/h1-7,10-11,13H,8-9,12H2,(H2,25,26)(H,27,28). The summed E-state index contributed by atoms with van der Waals surface area (Å²) in [6.45, 7) is 0.767. The van der Waals surface area contributed by atoms with E-state index in [9.17, 15) is 9.90 Å². The molecule has 0 fully saturated rings. The molecule has 0 aliphatic carbocycles. The number of nitrogens with two attached hydrogens (primary N) is 1. The van der Waals surface area contributed by atoms with Crippen molar-refractivity contribution < 1.29 is 19.4 Å². The molecule has 0 bridgehead atoms. The van der Waals surface area contributed by atoms with E-state index in [1.165, 1.54) is 17.5 Å². The van der Waals surface area contributed by atoms with Crippen LogP contribution in [0.2, 0.25) is 5.02 Å². The van der Waals surface area contributed by atoms with E-state index in [0.717, 1.165) is 17.5 Å². The number of hydrogen-bond acceptors (Lipinski definition) is 6. The first kappa shape index (κ1) is 21.0. The molecule has 2 aromatic heterocycles. The Bertz CT molecular complexity index is 1220. The maximum atomic E-state index is 11.4. The number of thiophene rings is 1. The average molecular weight is 455 g/mol. The summed E-state index contributed by atoms with van der Waals surface area (Å²) < 4.78 is 12.4. The summed E-state index contributed by atoms with van der Waals surface area (Å²) in [4.78, 5) is 15.4. The van der Waals surface area contributed by atoms with Gasteiger partial charge in [0.15, 0.2) is 0 Å². The lowest BCUT2D eigenvalue weighted by atomic mass is 10.1. The van der Waals surface area contributed by atoms with Gasteiger partial charge in [0.1, 0.15) is 23.9 Å². The van der Waals surface area contributed by atoms with Gasteiger partial charge in [-0.05, 0) is 35.2 Å². The van der Waals surface area contributed by atoms with Gasteiger partial charge in [0.2, 0.25) is 0 Å². The fraction of sp³-hybridized carbons (Fsp3) is 0.130. The Balaban J connectivity index is 1.41. The SMILES string of the molecule is Nc1ncc(C(=O)O)c2scc(COc3cccc(OCCc4ccc(Cl)cc4)c3)c12. The highest BCUT2D eigenvalue weighted by Crippen LogP contribution is 2.33. The Hall–Kier alpha value is -3.29. The number of aromatic nitrogens is 1. The lowest BCUT2D eigenvalue weighted by Gasteiger charge is -2.10. The van der Waals surface area contributed by atoms with Gasteiger partial charge in [-0.2, -0.15) is 0 Å². The highest BCUT2D eigenvalue weighted by atomic mass is 35.5. The lowest BCUT2D eigenvalue weighted by Crippen LogP contribution is -2.03. The molecule has 2 heterocycles. The van der Waals surface area contributed by atoms with Crippen molar-refractivity contribution in [2.24, 2.45) is 0 Å². The number of ether oxygens (including phenoxy) is 2. The van der Waals surface area contributed by atoms with Crippen molar-refractivity contribution in [2.75, 3.05) is 12.3 Å². The van der Waals surface area contributed by atoms with Crippen LogP contribution >= 0.6 is 22.9 Å². The molecular formula is C23H19ClN2O4S. The first-order valence-electron chi connectivity index (χ1n) is 9.49. The van der Waals surface area contributed by atoms with Crippen LogP contribution in [-0.4, -0.2) is 22.7 Å². The van der Waals surface area contributed by atoms with Crippen molar-refractivity contribution >= 4 is 44.8 Å². The van der Waals surface area contributed by atoms with Crippen molar-refractivity contribution in [2.45, 2.75) is 13.0 Å². The van der Waals surface area contributed by atoms with E-state index in [0.29, 0.717) is 39.0 Å². The zero-order chi connectivity index (χ0) is 21.8. The Morgan fingerprint density at radius 1 is 1.13 bits per heavy atom. The van der Waals surface area contributed by atoms with Gasteiger partial charge >= 0.3 is 5.97 Å². The van der Waals surface area contributed by atoms with Crippen LogP contribution in [0.1, 0.15) is 21.5 Å². The normalized spacial score (nSPS) is 10.9. The number of hydrogen-bond donors (Lipinski definition) is 2. The number of nitrogen functional groups attached to an aromatic ring is 1. The summed E-state index contributed by atoms with van der Waals surface area (Å²) in [5.74, 6) is 0.606. The molecule has 158 valence electrons. The third-order valence-electron chi connectivity index (χ3n) is 4.70. The van der Waals surface area contributed by atoms with E-state index < -0.39 is 5.97 Å². The molecule has 4 rings (SSSR count). The Kier molecular flexibility index (Phi) is 6.25. The molecule has 0 saturated carbocycles. The second kappa shape index (κ2) is 9.24. The minimum absolute atomic E-state index is 0.136. The van der Waals surface area contributed by atoms with Gasteiger partial charge in [0, 0.05) is 34.7 Å². The minimum Gasteiger partial charge on any atom is -0.493 e. The number of halogens is 1. The molecule has 0 spiro atoms. The Morgan fingerprint density at radius 3 is 2.61 bits per heavy atom. The summed E-state index contributed by atoms with van der Waals surface area (Å²) in [5, 5.41) is 12.5. The van der Waals surface area contributed by atoms with Gasteiger partial charge in [-0.15, -0.1) is 11.3 Å². The van der Waals surface area contributed by atoms with Crippen LogP contribution in [0, 0.1) is 0 Å². The number of pyridine rings is 1. The second-order valence-electron chi connectivity index (χ2n) is 6.82. The van der Waals surface area contributed by atoms with Crippen molar-refractivity contribution in [1.29, 1.82) is 0 Å². The van der Waals surface area contributed by atoms with Crippen molar-refractivity contribution in [3.05, 3.63) is 81.8 Å². The van der Waals surface area contributed by atoms with Gasteiger partial charge in [-0.1, -0.05) is 29.8 Å². The van der Waals surface area contributed by atoms with Crippen LogP contribution in [0.25, 0.3) is 10.1 Å². The fourth-order valence-corrected chi connectivity index (χ4v) is 4.33. The number of aromatic carboxylic acids is 1. The molecule has 0 aliphatic heterocycles. The van der Waals surface area contributed by atoms with E-state index in [1.807, 2.05) is 53.9 Å². The van der Waals surface area contributed by atoms with Gasteiger partial charge in [0.05, 0.1) is 16.9 Å². The lowest BCUT2D eigenvalue weighted by molar-refractivity contribution is 0.0699. The molecular weight excluding hydrogens is 436 g/mol. The topological polar surface area (TPSA) is 94.7 Å². The van der Waals surface area contributed by atoms with Gasteiger partial charge < -0.3 is 20.3 Å². The third-order valence-corrected chi connectivity index (χ3v) is 6.02. The maximum Gasteiger partial charge on any atom is 0.338 e. The monoisotopic (exact) mass is 454 g/mol. The molecule has 3 N–H and O–H groups in total. The first-order valence-corrected chi connectivity index (χ1v) is 10.7. The minimum atomic E-state index is -1.03. The summed E-state index contributed by atoms with van der Waals surface area (Å²) in [6.07, 6.45) is 2.05.